The van der Waals surface area contributed by atoms with Crippen LogP contribution in [0.1, 0.15) is 37.7 Å². The van der Waals surface area contributed by atoms with Crippen LogP contribution >= 0.6 is 24.0 Å². The Hall–Kier alpha value is -0.760. The molecule has 0 amide bonds. The number of halogens is 1. The molecular weight excluding hydrogens is 381 g/mol. The molecule has 21 heavy (non-hydrogen) atoms. The molecule has 0 spiro atoms. The van der Waals surface area contributed by atoms with Crippen LogP contribution in [0.4, 0.5) is 0 Å². The molecule has 1 aliphatic rings. The Labute approximate surface area is 143 Å². The molecule has 1 heterocycles. The van der Waals surface area contributed by atoms with Gasteiger partial charge in [0.15, 0.2) is 5.96 Å². The van der Waals surface area contributed by atoms with Crippen molar-refractivity contribution < 1.29 is 9.52 Å². The SMILES string of the molecule is CN=C(NCC1CCC1)NCC(C)(O)c1ccc(C)o1.I. The maximum Gasteiger partial charge on any atom is 0.191 e. The highest BCUT2D eigenvalue weighted by atomic mass is 127. The molecule has 1 aliphatic carbocycles. The molecule has 5 nitrogen and oxygen atoms in total. The molecule has 1 aromatic heterocycles. The fourth-order valence-corrected chi connectivity index (χ4v) is 2.23. The first-order chi connectivity index (χ1) is 9.51. The Bertz CT molecular complexity index is 467. The average Bonchev–Trinajstić information content (AvgIpc) is 2.79. The van der Waals surface area contributed by atoms with Gasteiger partial charge < -0.3 is 20.2 Å². The number of rotatable bonds is 5. The number of guanidine groups is 1. The van der Waals surface area contributed by atoms with Crippen LogP contribution in [0, 0.1) is 12.8 Å². The highest BCUT2D eigenvalue weighted by molar-refractivity contribution is 14.0. The number of aryl methyl sites for hydroxylation is 1. The van der Waals surface area contributed by atoms with Gasteiger partial charge in [0, 0.05) is 13.6 Å². The zero-order valence-corrected chi connectivity index (χ0v) is 15.3. The molecule has 2 rings (SSSR count). The summed E-state index contributed by atoms with van der Waals surface area (Å²) in [7, 11) is 1.74. The summed E-state index contributed by atoms with van der Waals surface area (Å²) < 4.78 is 5.49. The van der Waals surface area contributed by atoms with Crippen LogP contribution in [0.15, 0.2) is 21.5 Å². The summed E-state index contributed by atoms with van der Waals surface area (Å²) in [6.07, 6.45) is 3.94. The second-order valence-corrected chi connectivity index (χ2v) is 5.79. The lowest BCUT2D eigenvalue weighted by molar-refractivity contribution is 0.0377. The minimum absolute atomic E-state index is 0. The Balaban J connectivity index is 0.00000220. The van der Waals surface area contributed by atoms with Crippen LogP contribution in [0.5, 0.6) is 0 Å². The lowest BCUT2D eigenvalue weighted by atomic mass is 9.85. The van der Waals surface area contributed by atoms with Gasteiger partial charge in [-0.1, -0.05) is 6.42 Å². The Morgan fingerprint density at radius 1 is 1.43 bits per heavy atom. The van der Waals surface area contributed by atoms with E-state index in [0.29, 0.717) is 12.3 Å². The van der Waals surface area contributed by atoms with Gasteiger partial charge in [0.25, 0.3) is 0 Å². The topological polar surface area (TPSA) is 69.8 Å². The number of furan rings is 1. The van der Waals surface area contributed by atoms with Crippen molar-refractivity contribution in [2.24, 2.45) is 10.9 Å². The first-order valence-corrected chi connectivity index (χ1v) is 7.25. The normalized spacial score (nSPS) is 18.4. The third kappa shape index (κ3) is 5.18. The summed E-state index contributed by atoms with van der Waals surface area (Å²) in [5.41, 5.74) is -1.05. The zero-order chi connectivity index (χ0) is 14.6. The monoisotopic (exact) mass is 407 g/mol. The van der Waals surface area contributed by atoms with Gasteiger partial charge >= 0.3 is 0 Å². The molecule has 1 aromatic rings. The van der Waals surface area contributed by atoms with Crippen molar-refractivity contribution in [2.75, 3.05) is 20.1 Å². The van der Waals surface area contributed by atoms with Crippen LogP contribution in [0.3, 0.4) is 0 Å². The summed E-state index contributed by atoms with van der Waals surface area (Å²) in [6.45, 7) is 4.90. The minimum atomic E-state index is -1.05. The van der Waals surface area contributed by atoms with Crippen LogP contribution in [-0.4, -0.2) is 31.2 Å². The molecule has 0 aliphatic heterocycles. The van der Waals surface area contributed by atoms with Gasteiger partial charge in [0.05, 0.1) is 6.54 Å². The van der Waals surface area contributed by atoms with Crippen molar-refractivity contribution in [1.29, 1.82) is 0 Å². The van der Waals surface area contributed by atoms with Crippen LogP contribution < -0.4 is 10.6 Å². The van der Waals surface area contributed by atoms with E-state index in [1.54, 1.807) is 14.0 Å². The van der Waals surface area contributed by atoms with E-state index in [4.69, 9.17) is 4.42 Å². The molecule has 0 radical (unpaired) electrons. The third-order valence-electron chi connectivity index (χ3n) is 3.88. The van der Waals surface area contributed by atoms with Crippen molar-refractivity contribution in [1.82, 2.24) is 10.6 Å². The van der Waals surface area contributed by atoms with Gasteiger partial charge in [-0.05, 0) is 44.7 Å². The van der Waals surface area contributed by atoms with Crippen molar-refractivity contribution >= 4 is 29.9 Å². The standard InChI is InChI=1S/C15H25N3O2.HI/c1-11-7-8-13(20-11)15(2,19)10-18-14(16-3)17-9-12-5-4-6-12;/h7-8,12,19H,4-6,9-10H2,1-3H3,(H2,16,17,18);1H. The van der Waals surface area contributed by atoms with Gasteiger partial charge in [0.1, 0.15) is 17.1 Å². The Kier molecular flexibility index (Phi) is 6.99. The summed E-state index contributed by atoms with van der Waals surface area (Å²) in [5.74, 6) is 2.85. The van der Waals surface area contributed by atoms with Crippen molar-refractivity contribution in [3.8, 4) is 0 Å². The van der Waals surface area contributed by atoms with Gasteiger partial charge in [-0.15, -0.1) is 24.0 Å². The molecule has 1 atom stereocenters. The summed E-state index contributed by atoms with van der Waals surface area (Å²) >= 11 is 0. The van der Waals surface area contributed by atoms with E-state index in [2.05, 4.69) is 15.6 Å². The van der Waals surface area contributed by atoms with Crippen LogP contribution in [0.2, 0.25) is 0 Å². The van der Waals surface area contributed by atoms with Gasteiger partial charge in [0.2, 0.25) is 0 Å². The number of aliphatic hydroxyl groups is 1. The largest absolute Gasteiger partial charge is 0.463 e. The fourth-order valence-electron chi connectivity index (χ4n) is 2.23. The summed E-state index contributed by atoms with van der Waals surface area (Å²) in [5, 5.41) is 16.9. The van der Waals surface area contributed by atoms with Crippen molar-refractivity contribution in [2.45, 2.75) is 38.7 Å². The van der Waals surface area contributed by atoms with E-state index in [9.17, 15) is 5.11 Å². The van der Waals surface area contributed by atoms with E-state index in [0.717, 1.165) is 24.2 Å². The molecule has 120 valence electrons. The summed E-state index contributed by atoms with van der Waals surface area (Å²) in [4.78, 5) is 4.17. The molecule has 1 unspecified atom stereocenters. The van der Waals surface area contributed by atoms with Crippen LogP contribution in [-0.2, 0) is 5.60 Å². The number of aliphatic imine (C=N–C) groups is 1. The molecule has 0 aromatic carbocycles. The molecule has 1 fully saturated rings. The third-order valence-corrected chi connectivity index (χ3v) is 3.88. The highest BCUT2D eigenvalue weighted by Crippen LogP contribution is 2.25. The van der Waals surface area contributed by atoms with E-state index >= 15 is 0 Å². The van der Waals surface area contributed by atoms with Gasteiger partial charge in [-0.3, -0.25) is 4.99 Å². The van der Waals surface area contributed by atoms with Crippen LogP contribution in [0.25, 0.3) is 0 Å². The second-order valence-electron chi connectivity index (χ2n) is 5.79. The second kappa shape index (κ2) is 8.03. The van der Waals surface area contributed by atoms with Crippen molar-refractivity contribution in [3.63, 3.8) is 0 Å². The fraction of sp³-hybridized carbons (Fsp3) is 0.667. The molecule has 1 saturated carbocycles. The molecule has 3 N–H and O–H groups in total. The first-order valence-electron chi connectivity index (χ1n) is 7.25. The lowest BCUT2D eigenvalue weighted by Gasteiger charge is -2.27. The molecular formula is C15H26IN3O2. The average molecular weight is 407 g/mol. The summed E-state index contributed by atoms with van der Waals surface area (Å²) in [6, 6.07) is 3.66. The van der Waals surface area contributed by atoms with E-state index < -0.39 is 5.60 Å². The number of nitrogens with zero attached hydrogens (tertiary/aromatic N) is 1. The maximum absolute atomic E-state index is 10.4. The van der Waals surface area contributed by atoms with E-state index in [1.807, 2.05) is 19.1 Å². The Morgan fingerprint density at radius 2 is 2.14 bits per heavy atom. The highest BCUT2D eigenvalue weighted by Gasteiger charge is 2.27. The molecule has 0 saturated heterocycles. The maximum atomic E-state index is 10.4. The predicted octanol–water partition coefficient (Wildman–Crippen LogP) is 2.38. The predicted molar refractivity (Wildman–Crippen MR) is 95.1 cm³/mol. The lowest BCUT2D eigenvalue weighted by Crippen LogP contribution is -2.46. The van der Waals surface area contributed by atoms with Gasteiger partial charge in [-0.2, -0.15) is 0 Å². The smallest absolute Gasteiger partial charge is 0.191 e. The quantitative estimate of drug-likeness (QED) is 0.398. The first kappa shape index (κ1) is 18.3. The minimum Gasteiger partial charge on any atom is -0.463 e. The van der Waals surface area contributed by atoms with Gasteiger partial charge in [-0.25, -0.2) is 0 Å². The van der Waals surface area contributed by atoms with Crippen molar-refractivity contribution in [3.05, 3.63) is 23.7 Å². The Morgan fingerprint density at radius 3 is 2.62 bits per heavy atom. The van der Waals surface area contributed by atoms with E-state index in [-0.39, 0.29) is 24.0 Å². The number of nitrogens with one attached hydrogen (secondary N) is 2. The van der Waals surface area contributed by atoms with E-state index in [1.165, 1.54) is 19.3 Å². The molecule has 6 heteroatoms. The zero-order valence-electron chi connectivity index (χ0n) is 13.0. The number of hydrogen-bond acceptors (Lipinski definition) is 3. The molecule has 0 bridgehead atoms. The number of hydrogen-bond donors (Lipinski definition) is 3.